The van der Waals surface area contributed by atoms with Crippen molar-refractivity contribution in [1.29, 1.82) is 0 Å². The maximum atomic E-state index is 5.29. The molecular weight excluding hydrogens is 196 g/mol. The van der Waals surface area contributed by atoms with Crippen LogP contribution in [0.3, 0.4) is 0 Å². The molecule has 0 aromatic carbocycles. The average Bonchev–Trinajstić information content (AvgIpc) is 2.97. The third-order valence-electron chi connectivity index (χ3n) is 2.27. The van der Waals surface area contributed by atoms with Crippen LogP contribution in [0.25, 0.3) is 0 Å². The largest absolute Gasteiger partial charge is 0.374 e. The lowest BCUT2D eigenvalue weighted by atomic mass is 10.3. The van der Waals surface area contributed by atoms with Crippen LogP contribution in [-0.4, -0.2) is 16.6 Å². The molecular formula is C10H14N2OS. The Kier molecular flexibility index (Phi) is 2.93. The molecule has 2 rings (SSSR count). The number of hydrogen-bond donors (Lipinski definition) is 1. The van der Waals surface area contributed by atoms with Gasteiger partial charge in [-0.2, -0.15) is 0 Å². The molecule has 1 saturated carbocycles. The summed E-state index contributed by atoms with van der Waals surface area (Å²) in [7, 11) is 0. The third-order valence-corrected chi connectivity index (χ3v) is 2.48. The summed E-state index contributed by atoms with van der Waals surface area (Å²) in [5.74, 6) is 1.53. The number of aromatic nitrogens is 2. The summed E-state index contributed by atoms with van der Waals surface area (Å²) >= 11 is 5.10. The fourth-order valence-electron chi connectivity index (χ4n) is 1.41. The lowest BCUT2D eigenvalue weighted by molar-refractivity contribution is 0.128. The van der Waals surface area contributed by atoms with Crippen LogP contribution in [0.1, 0.15) is 37.2 Å². The Labute approximate surface area is 88.5 Å². The van der Waals surface area contributed by atoms with E-state index in [0.29, 0.717) is 23.8 Å². The molecule has 1 aliphatic carbocycles. The maximum absolute atomic E-state index is 5.29. The second kappa shape index (κ2) is 4.19. The summed E-state index contributed by atoms with van der Waals surface area (Å²) < 4.78 is 5.96. The highest BCUT2D eigenvalue weighted by Gasteiger charge is 2.24. The molecule has 1 heterocycles. The van der Waals surface area contributed by atoms with Gasteiger partial charge < -0.3 is 9.72 Å². The first-order valence-electron chi connectivity index (χ1n) is 4.97. The van der Waals surface area contributed by atoms with E-state index in [9.17, 15) is 0 Å². The van der Waals surface area contributed by atoms with Crippen LogP contribution in [0.15, 0.2) is 6.07 Å². The van der Waals surface area contributed by atoms with E-state index in [4.69, 9.17) is 17.0 Å². The van der Waals surface area contributed by atoms with Gasteiger partial charge in [0.2, 0.25) is 0 Å². The highest BCUT2D eigenvalue weighted by atomic mass is 32.1. The van der Waals surface area contributed by atoms with Crippen LogP contribution in [0.5, 0.6) is 0 Å². The Balaban J connectivity index is 2.18. The van der Waals surface area contributed by atoms with Crippen molar-refractivity contribution in [3.05, 3.63) is 22.2 Å². The Hall–Kier alpha value is -0.740. The fourth-order valence-corrected chi connectivity index (χ4v) is 1.65. The maximum Gasteiger partial charge on any atom is 0.134 e. The van der Waals surface area contributed by atoms with Crippen molar-refractivity contribution in [2.45, 2.75) is 32.3 Å². The summed E-state index contributed by atoms with van der Waals surface area (Å²) in [6.45, 7) is 3.20. The van der Waals surface area contributed by atoms with E-state index >= 15 is 0 Å². The molecule has 0 radical (unpaired) electrons. The number of nitrogens with one attached hydrogen (secondary N) is 1. The van der Waals surface area contributed by atoms with E-state index < -0.39 is 0 Å². The van der Waals surface area contributed by atoms with Crippen LogP contribution < -0.4 is 0 Å². The Morgan fingerprint density at radius 3 is 3.07 bits per heavy atom. The topological polar surface area (TPSA) is 37.9 Å². The Morgan fingerprint density at radius 2 is 2.43 bits per heavy atom. The highest BCUT2D eigenvalue weighted by Crippen LogP contribution is 2.38. The Morgan fingerprint density at radius 1 is 1.64 bits per heavy atom. The van der Waals surface area contributed by atoms with Crippen molar-refractivity contribution in [3.8, 4) is 0 Å². The van der Waals surface area contributed by atoms with E-state index in [0.717, 1.165) is 5.82 Å². The third kappa shape index (κ3) is 2.39. The second-order valence-corrected chi connectivity index (χ2v) is 3.95. The molecule has 1 N–H and O–H groups in total. The van der Waals surface area contributed by atoms with Crippen molar-refractivity contribution in [1.82, 2.24) is 9.97 Å². The van der Waals surface area contributed by atoms with Gasteiger partial charge in [-0.1, -0.05) is 12.2 Å². The van der Waals surface area contributed by atoms with Gasteiger partial charge in [0.05, 0.1) is 0 Å². The van der Waals surface area contributed by atoms with Crippen molar-refractivity contribution < 1.29 is 4.74 Å². The van der Waals surface area contributed by atoms with Crippen LogP contribution in [0.2, 0.25) is 0 Å². The first-order chi connectivity index (χ1) is 6.79. The van der Waals surface area contributed by atoms with Gasteiger partial charge in [0.1, 0.15) is 17.1 Å². The zero-order valence-corrected chi connectivity index (χ0v) is 9.06. The standard InChI is InChI=1S/C10H14N2OS/c1-2-13-6-9-11-8(7-3-4-7)5-10(14)12-9/h5,7H,2-4,6H2,1H3,(H,11,12,14). The molecule has 0 bridgehead atoms. The lowest BCUT2D eigenvalue weighted by Gasteiger charge is -2.04. The zero-order chi connectivity index (χ0) is 9.97. The normalized spacial score (nSPS) is 15.8. The lowest BCUT2D eigenvalue weighted by Crippen LogP contribution is -2.01. The molecule has 0 unspecified atom stereocenters. The summed E-state index contributed by atoms with van der Waals surface area (Å²) in [4.78, 5) is 7.50. The molecule has 1 aromatic rings. The predicted molar refractivity (Wildman–Crippen MR) is 56.7 cm³/mol. The summed E-state index contributed by atoms with van der Waals surface area (Å²) in [5, 5.41) is 0. The number of ether oxygens (including phenoxy) is 1. The molecule has 76 valence electrons. The molecule has 0 aliphatic heterocycles. The smallest absolute Gasteiger partial charge is 0.134 e. The molecule has 0 atom stereocenters. The molecule has 0 spiro atoms. The SMILES string of the molecule is CCOCc1nc(=S)cc(C2CC2)[nH]1. The van der Waals surface area contributed by atoms with Gasteiger partial charge in [0.15, 0.2) is 0 Å². The molecule has 14 heavy (non-hydrogen) atoms. The van der Waals surface area contributed by atoms with E-state index in [1.807, 2.05) is 13.0 Å². The molecule has 4 heteroatoms. The summed E-state index contributed by atoms with van der Waals surface area (Å²) in [6, 6.07) is 1.96. The minimum absolute atomic E-state index is 0.528. The number of rotatable bonds is 4. The van der Waals surface area contributed by atoms with Gasteiger partial charge in [0, 0.05) is 12.3 Å². The minimum Gasteiger partial charge on any atom is -0.374 e. The first kappa shape index (κ1) is 9.80. The van der Waals surface area contributed by atoms with Gasteiger partial charge >= 0.3 is 0 Å². The van der Waals surface area contributed by atoms with E-state index in [-0.39, 0.29) is 0 Å². The first-order valence-corrected chi connectivity index (χ1v) is 5.38. The summed E-state index contributed by atoms with van der Waals surface area (Å²) in [5.41, 5.74) is 1.22. The van der Waals surface area contributed by atoms with E-state index in [1.165, 1.54) is 18.5 Å². The van der Waals surface area contributed by atoms with Crippen LogP contribution in [0, 0.1) is 4.64 Å². The molecule has 0 saturated heterocycles. The Bertz CT molecular complexity index is 371. The van der Waals surface area contributed by atoms with Gasteiger partial charge in [-0.25, -0.2) is 4.98 Å². The van der Waals surface area contributed by atoms with Crippen LogP contribution in [0.4, 0.5) is 0 Å². The van der Waals surface area contributed by atoms with Gasteiger partial charge in [-0.05, 0) is 31.7 Å². The van der Waals surface area contributed by atoms with Crippen molar-refractivity contribution in [3.63, 3.8) is 0 Å². The number of H-pyrrole nitrogens is 1. The monoisotopic (exact) mass is 210 g/mol. The molecule has 0 amide bonds. The fraction of sp³-hybridized carbons (Fsp3) is 0.600. The van der Waals surface area contributed by atoms with Crippen molar-refractivity contribution in [2.75, 3.05) is 6.61 Å². The summed E-state index contributed by atoms with van der Waals surface area (Å²) in [6.07, 6.45) is 2.53. The zero-order valence-electron chi connectivity index (χ0n) is 8.25. The van der Waals surface area contributed by atoms with E-state index in [1.54, 1.807) is 0 Å². The number of hydrogen-bond acceptors (Lipinski definition) is 3. The second-order valence-electron chi connectivity index (χ2n) is 3.53. The predicted octanol–water partition coefficient (Wildman–Crippen LogP) is 2.55. The average molecular weight is 210 g/mol. The minimum atomic E-state index is 0.528. The molecule has 3 nitrogen and oxygen atoms in total. The van der Waals surface area contributed by atoms with Crippen molar-refractivity contribution in [2.24, 2.45) is 0 Å². The van der Waals surface area contributed by atoms with Gasteiger partial charge in [-0.15, -0.1) is 0 Å². The molecule has 1 aliphatic rings. The van der Waals surface area contributed by atoms with Gasteiger partial charge in [0.25, 0.3) is 0 Å². The van der Waals surface area contributed by atoms with E-state index in [2.05, 4.69) is 9.97 Å². The van der Waals surface area contributed by atoms with Crippen LogP contribution in [-0.2, 0) is 11.3 Å². The van der Waals surface area contributed by atoms with Crippen molar-refractivity contribution >= 4 is 12.2 Å². The van der Waals surface area contributed by atoms with Gasteiger partial charge in [-0.3, -0.25) is 0 Å². The number of nitrogens with zero attached hydrogens (tertiary/aromatic N) is 1. The number of aromatic amines is 1. The van der Waals surface area contributed by atoms with Crippen LogP contribution >= 0.6 is 12.2 Å². The molecule has 1 fully saturated rings. The highest BCUT2D eigenvalue weighted by molar-refractivity contribution is 7.71. The molecule has 1 aromatic heterocycles. The quantitative estimate of drug-likeness (QED) is 0.776.